The van der Waals surface area contributed by atoms with E-state index in [4.69, 9.17) is 0 Å². The van der Waals surface area contributed by atoms with Gasteiger partial charge >= 0.3 is 0 Å². The number of benzene rings is 5. The Balaban J connectivity index is 1.49. The molecule has 0 amide bonds. The summed E-state index contributed by atoms with van der Waals surface area (Å²) in [6, 6.07) is 44.4. The number of hydrogen-bond donors (Lipinski definition) is 0. The van der Waals surface area contributed by atoms with Crippen LogP contribution in [-0.2, 0) is 0 Å². The third kappa shape index (κ3) is 3.15. The maximum Gasteiger partial charge on any atom is 0.0992 e. The minimum atomic E-state index is 0.619. The number of hydrogen-bond acceptors (Lipinski definition) is 2. The summed E-state index contributed by atoms with van der Waals surface area (Å²) in [6.45, 7) is 0. The Bertz CT molecular complexity index is 2190. The van der Waals surface area contributed by atoms with Gasteiger partial charge in [-0.05, 0) is 42.5 Å². The lowest BCUT2D eigenvalue weighted by atomic mass is 10.0. The molecule has 3 aromatic heterocycles. The van der Waals surface area contributed by atoms with E-state index in [0.29, 0.717) is 5.56 Å². The Labute approximate surface area is 230 Å². The van der Waals surface area contributed by atoms with Gasteiger partial charge in [-0.3, -0.25) is 4.98 Å². The molecule has 0 spiro atoms. The molecule has 186 valence electrons. The van der Waals surface area contributed by atoms with E-state index in [9.17, 15) is 5.26 Å². The van der Waals surface area contributed by atoms with Crippen molar-refractivity contribution in [1.82, 2.24) is 14.1 Å². The van der Waals surface area contributed by atoms with E-state index < -0.39 is 0 Å². The molecule has 0 unspecified atom stereocenters. The molecule has 0 aliphatic heterocycles. The molecule has 3 heterocycles. The second-order valence-electron chi connectivity index (χ2n) is 9.98. The van der Waals surface area contributed by atoms with Gasteiger partial charge in [0.1, 0.15) is 0 Å². The van der Waals surface area contributed by atoms with Gasteiger partial charge in [0, 0.05) is 38.9 Å². The van der Waals surface area contributed by atoms with Gasteiger partial charge in [0.15, 0.2) is 0 Å². The maximum absolute atomic E-state index is 9.92. The molecule has 0 saturated carbocycles. The van der Waals surface area contributed by atoms with E-state index in [2.05, 4.69) is 129 Å². The highest BCUT2D eigenvalue weighted by molar-refractivity contribution is 6.11. The topological polar surface area (TPSA) is 46.5 Å². The number of aromatic nitrogens is 3. The Kier molecular flexibility index (Phi) is 4.85. The molecule has 4 heteroatoms. The summed E-state index contributed by atoms with van der Waals surface area (Å²) < 4.78 is 4.60. The second kappa shape index (κ2) is 8.69. The summed E-state index contributed by atoms with van der Waals surface area (Å²) in [6.07, 6.45) is 3.79. The van der Waals surface area contributed by atoms with Crippen LogP contribution in [0.5, 0.6) is 0 Å². The predicted octanol–water partition coefficient (Wildman–Crippen LogP) is 8.81. The van der Waals surface area contributed by atoms with Crippen molar-refractivity contribution in [3.05, 3.63) is 139 Å². The molecule has 8 rings (SSSR count). The van der Waals surface area contributed by atoms with Crippen LogP contribution >= 0.6 is 0 Å². The first kappa shape index (κ1) is 22.3. The lowest BCUT2D eigenvalue weighted by Crippen LogP contribution is -2.02. The molecule has 0 atom stereocenters. The highest BCUT2D eigenvalue weighted by atomic mass is 15.0. The maximum atomic E-state index is 9.92. The predicted molar refractivity (Wildman–Crippen MR) is 163 cm³/mol. The smallest absolute Gasteiger partial charge is 0.0992 e. The molecule has 4 nitrogen and oxygen atoms in total. The Morgan fingerprint density at radius 2 is 0.950 bits per heavy atom. The minimum absolute atomic E-state index is 0.619. The number of rotatable bonds is 3. The number of para-hydroxylation sites is 4. The number of nitrogens with zero attached hydrogens (tertiary/aromatic N) is 4. The summed E-state index contributed by atoms with van der Waals surface area (Å²) in [7, 11) is 0. The first-order chi connectivity index (χ1) is 19.8. The zero-order valence-corrected chi connectivity index (χ0v) is 21.5. The fourth-order valence-corrected chi connectivity index (χ4v) is 6.17. The second-order valence-corrected chi connectivity index (χ2v) is 9.98. The fraction of sp³-hybridized carbons (Fsp3) is 0. The highest BCUT2D eigenvalue weighted by Gasteiger charge is 2.20. The van der Waals surface area contributed by atoms with E-state index in [1.807, 2.05) is 24.5 Å². The zero-order chi connectivity index (χ0) is 26.6. The van der Waals surface area contributed by atoms with Crippen LogP contribution in [0.2, 0.25) is 0 Å². The van der Waals surface area contributed by atoms with Crippen molar-refractivity contribution >= 4 is 43.6 Å². The highest BCUT2D eigenvalue weighted by Crippen LogP contribution is 2.40. The van der Waals surface area contributed by atoms with E-state index in [1.165, 1.54) is 21.5 Å². The van der Waals surface area contributed by atoms with Gasteiger partial charge in [0.25, 0.3) is 0 Å². The third-order valence-corrected chi connectivity index (χ3v) is 7.86. The minimum Gasteiger partial charge on any atom is -0.309 e. The van der Waals surface area contributed by atoms with Gasteiger partial charge in [-0.25, -0.2) is 0 Å². The molecule has 0 aliphatic rings. The molecule has 0 radical (unpaired) electrons. The number of nitriles is 1. The van der Waals surface area contributed by atoms with Crippen molar-refractivity contribution in [2.75, 3.05) is 0 Å². The summed E-state index contributed by atoms with van der Waals surface area (Å²) >= 11 is 0. The van der Waals surface area contributed by atoms with Crippen LogP contribution in [0, 0.1) is 11.3 Å². The van der Waals surface area contributed by atoms with Crippen LogP contribution in [0.15, 0.2) is 134 Å². The fourth-order valence-electron chi connectivity index (χ4n) is 6.17. The Morgan fingerprint density at radius 1 is 0.500 bits per heavy atom. The van der Waals surface area contributed by atoms with Crippen LogP contribution in [0.3, 0.4) is 0 Å². The van der Waals surface area contributed by atoms with Crippen molar-refractivity contribution in [3.63, 3.8) is 0 Å². The summed E-state index contributed by atoms with van der Waals surface area (Å²) in [5.41, 5.74) is 9.12. The van der Waals surface area contributed by atoms with Crippen LogP contribution in [0.1, 0.15) is 5.56 Å². The normalized spacial score (nSPS) is 11.5. The van der Waals surface area contributed by atoms with E-state index in [0.717, 1.165) is 44.6 Å². The van der Waals surface area contributed by atoms with Gasteiger partial charge in [0.2, 0.25) is 0 Å². The van der Waals surface area contributed by atoms with Crippen molar-refractivity contribution < 1.29 is 0 Å². The molecule has 0 N–H and O–H groups in total. The molecule has 0 bridgehead atoms. The van der Waals surface area contributed by atoms with Gasteiger partial charge in [-0.2, -0.15) is 5.26 Å². The quantitative estimate of drug-likeness (QED) is 0.238. The SMILES string of the molecule is N#Cc1ccc(-c2ccncc2-n2c3ccccc3c3ccccc32)c(-n2c3ccccc3c3ccccc32)c1. The Morgan fingerprint density at radius 3 is 1.45 bits per heavy atom. The number of pyridine rings is 1. The molecule has 0 saturated heterocycles. The van der Waals surface area contributed by atoms with Gasteiger partial charge in [0.05, 0.1) is 51.3 Å². The van der Waals surface area contributed by atoms with E-state index in [-0.39, 0.29) is 0 Å². The summed E-state index contributed by atoms with van der Waals surface area (Å²) in [5.74, 6) is 0. The molecule has 8 aromatic rings. The molecular weight excluding hydrogens is 488 g/mol. The standard InChI is InChI=1S/C36H22N4/c37-22-24-17-18-29(35(21-24)39-31-13-5-1-9-25(31)26-10-2-6-14-32(26)39)30-19-20-38-23-36(30)40-33-15-7-3-11-27(33)28-12-4-8-16-34(28)40/h1-21,23H. The first-order valence-corrected chi connectivity index (χ1v) is 13.3. The molecule has 40 heavy (non-hydrogen) atoms. The van der Waals surface area contributed by atoms with Crippen molar-refractivity contribution in [3.8, 4) is 28.6 Å². The summed E-state index contributed by atoms with van der Waals surface area (Å²) in [4.78, 5) is 4.59. The zero-order valence-electron chi connectivity index (χ0n) is 21.5. The van der Waals surface area contributed by atoms with Crippen molar-refractivity contribution in [1.29, 1.82) is 5.26 Å². The molecule has 0 fully saturated rings. The van der Waals surface area contributed by atoms with Crippen LogP contribution < -0.4 is 0 Å². The monoisotopic (exact) mass is 510 g/mol. The Hall–Kier alpha value is -5.66. The largest absolute Gasteiger partial charge is 0.309 e. The van der Waals surface area contributed by atoms with E-state index >= 15 is 0 Å². The van der Waals surface area contributed by atoms with Gasteiger partial charge < -0.3 is 9.13 Å². The first-order valence-electron chi connectivity index (χ1n) is 13.3. The van der Waals surface area contributed by atoms with Gasteiger partial charge in [-0.15, -0.1) is 0 Å². The summed E-state index contributed by atoms with van der Waals surface area (Å²) in [5, 5.41) is 14.7. The lowest BCUT2D eigenvalue weighted by molar-refractivity contribution is 1.13. The lowest BCUT2D eigenvalue weighted by Gasteiger charge is -2.18. The van der Waals surface area contributed by atoms with Crippen LogP contribution in [-0.4, -0.2) is 14.1 Å². The van der Waals surface area contributed by atoms with Crippen LogP contribution in [0.25, 0.3) is 66.1 Å². The van der Waals surface area contributed by atoms with Crippen molar-refractivity contribution in [2.24, 2.45) is 0 Å². The van der Waals surface area contributed by atoms with Gasteiger partial charge in [-0.1, -0.05) is 78.9 Å². The average Bonchev–Trinajstić information content (AvgIpc) is 3.54. The number of fused-ring (bicyclic) bond motifs is 6. The molecule has 5 aromatic carbocycles. The van der Waals surface area contributed by atoms with Crippen LogP contribution in [0.4, 0.5) is 0 Å². The van der Waals surface area contributed by atoms with E-state index in [1.54, 1.807) is 0 Å². The molecule has 0 aliphatic carbocycles. The van der Waals surface area contributed by atoms with Crippen molar-refractivity contribution in [2.45, 2.75) is 0 Å². The average molecular weight is 511 g/mol. The molecular formula is C36H22N4. The third-order valence-electron chi connectivity index (χ3n) is 7.86.